The van der Waals surface area contributed by atoms with Crippen LogP contribution in [-0.4, -0.2) is 30.6 Å². The number of nitrogens with zero attached hydrogens (tertiary/aromatic N) is 5. The van der Waals surface area contributed by atoms with E-state index in [0.717, 1.165) is 18.0 Å². The Hall–Kier alpha value is -3.79. The zero-order chi connectivity index (χ0) is 21.1. The maximum absolute atomic E-state index is 14.3. The van der Waals surface area contributed by atoms with Gasteiger partial charge in [0.2, 0.25) is 5.95 Å². The first-order valence-corrected chi connectivity index (χ1v) is 9.13. The molecule has 0 unspecified atom stereocenters. The van der Waals surface area contributed by atoms with Crippen LogP contribution in [0.3, 0.4) is 0 Å². The minimum Gasteiger partial charge on any atom is -0.440 e. The standard InChI is InChI=1S/C19H15ClFN7O2/c1-28-15(5-6-24-28)26-19-23-9-13(21)16(27-19)14-10-30-18(25-14)17(29)22-8-11-3-2-4-12(20)7-11/h2-7,9-10H,8H2,1H3,(H,22,29)(H,23,26,27). The maximum atomic E-state index is 14.3. The SMILES string of the molecule is Cn1nccc1Nc1ncc(F)c(-c2coc(C(=O)NCc3cccc(Cl)c3)n2)n1. The minimum atomic E-state index is -0.704. The lowest BCUT2D eigenvalue weighted by atomic mass is 10.2. The van der Waals surface area contributed by atoms with E-state index >= 15 is 0 Å². The van der Waals surface area contributed by atoms with E-state index in [9.17, 15) is 9.18 Å². The van der Waals surface area contributed by atoms with Crippen LogP contribution in [0.1, 0.15) is 16.2 Å². The highest BCUT2D eigenvalue weighted by Crippen LogP contribution is 2.22. The van der Waals surface area contributed by atoms with Crippen molar-refractivity contribution < 1.29 is 13.6 Å². The number of carbonyl (C=O) groups is 1. The Morgan fingerprint density at radius 1 is 1.30 bits per heavy atom. The topological polar surface area (TPSA) is 111 Å². The summed E-state index contributed by atoms with van der Waals surface area (Å²) in [7, 11) is 1.73. The Bertz CT molecular complexity index is 1210. The van der Waals surface area contributed by atoms with Crippen molar-refractivity contribution in [2.24, 2.45) is 7.05 Å². The molecule has 30 heavy (non-hydrogen) atoms. The number of anilines is 2. The van der Waals surface area contributed by atoms with E-state index in [0.29, 0.717) is 10.8 Å². The average Bonchev–Trinajstić information content (AvgIpc) is 3.37. The van der Waals surface area contributed by atoms with Crippen LogP contribution in [0.5, 0.6) is 0 Å². The Kier molecular flexibility index (Phi) is 5.40. The van der Waals surface area contributed by atoms with Crippen molar-refractivity contribution in [3.05, 3.63) is 71.3 Å². The number of aromatic nitrogens is 5. The number of hydrogen-bond donors (Lipinski definition) is 2. The summed E-state index contributed by atoms with van der Waals surface area (Å²) in [5.74, 6) is -0.710. The zero-order valence-corrected chi connectivity index (χ0v) is 16.4. The molecule has 0 aliphatic heterocycles. The van der Waals surface area contributed by atoms with E-state index in [4.69, 9.17) is 16.0 Å². The summed E-state index contributed by atoms with van der Waals surface area (Å²) in [5.41, 5.74) is 0.776. The van der Waals surface area contributed by atoms with Gasteiger partial charge < -0.3 is 15.1 Å². The third-order valence-electron chi connectivity index (χ3n) is 4.09. The summed E-state index contributed by atoms with van der Waals surface area (Å²) in [5, 5.41) is 10.2. The van der Waals surface area contributed by atoms with Crippen LogP contribution in [0.15, 0.2) is 53.4 Å². The van der Waals surface area contributed by atoms with Crippen molar-refractivity contribution in [2.75, 3.05) is 5.32 Å². The van der Waals surface area contributed by atoms with Crippen LogP contribution in [0.25, 0.3) is 11.4 Å². The van der Waals surface area contributed by atoms with Gasteiger partial charge in [-0.15, -0.1) is 0 Å². The van der Waals surface area contributed by atoms with E-state index in [-0.39, 0.29) is 29.8 Å². The molecule has 0 radical (unpaired) electrons. The molecule has 3 heterocycles. The molecule has 0 atom stereocenters. The summed E-state index contributed by atoms with van der Waals surface area (Å²) < 4.78 is 21.0. The molecular formula is C19H15ClFN7O2. The van der Waals surface area contributed by atoms with Crippen LogP contribution in [0, 0.1) is 5.82 Å². The average molecular weight is 428 g/mol. The summed E-state index contributed by atoms with van der Waals surface area (Å²) >= 11 is 5.93. The van der Waals surface area contributed by atoms with E-state index in [1.165, 1.54) is 0 Å². The molecule has 152 valence electrons. The van der Waals surface area contributed by atoms with Crippen LogP contribution < -0.4 is 10.6 Å². The van der Waals surface area contributed by atoms with Gasteiger partial charge in [0.1, 0.15) is 23.5 Å². The predicted octanol–water partition coefficient (Wildman–Crippen LogP) is 3.33. The van der Waals surface area contributed by atoms with Gasteiger partial charge in [-0.3, -0.25) is 9.48 Å². The number of rotatable bonds is 6. The second-order valence-electron chi connectivity index (χ2n) is 6.21. The molecule has 0 aliphatic carbocycles. The van der Waals surface area contributed by atoms with E-state index in [1.54, 1.807) is 42.2 Å². The molecule has 3 aromatic heterocycles. The Morgan fingerprint density at radius 3 is 2.93 bits per heavy atom. The molecule has 11 heteroatoms. The molecule has 4 aromatic rings. The van der Waals surface area contributed by atoms with Crippen molar-refractivity contribution in [1.29, 1.82) is 0 Å². The van der Waals surface area contributed by atoms with Crippen LogP contribution >= 0.6 is 11.6 Å². The van der Waals surface area contributed by atoms with Crippen LogP contribution in [0.2, 0.25) is 5.02 Å². The highest BCUT2D eigenvalue weighted by atomic mass is 35.5. The van der Waals surface area contributed by atoms with Crippen molar-refractivity contribution in [3.8, 4) is 11.4 Å². The molecule has 9 nitrogen and oxygen atoms in total. The quantitative estimate of drug-likeness (QED) is 0.485. The van der Waals surface area contributed by atoms with E-state index in [1.807, 2.05) is 6.07 Å². The summed E-state index contributed by atoms with van der Waals surface area (Å²) in [6.07, 6.45) is 3.76. The highest BCUT2D eigenvalue weighted by molar-refractivity contribution is 6.30. The molecule has 0 spiro atoms. The van der Waals surface area contributed by atoms with Gasteiger partial charge in [-0.25, -0.2) is 19.3 Å². The van der Waals surface area contributed by atoms with E-state index < -0.39 is 11.7 Å². The number of aryl methyl sites for hydroxylation is 1. The third-order valence-corrected chi connectivity index (χ3v) is 4.32. The number of hydrogen-bond acceptors (Lipinski definition) is 7. The molecule has 2 N–H and O–H groups in total. The molecule has 1 aromatic carbocycles. The number of nitrogens with one attached hydrogen (secondary N) is 2. The highest BCUT2D eigenvalue weighted by Gasteiger charge is 2.18. The zero-order valence-electron chi connectivity index (χ0n) is 15.6. The number of halogens is 2. The first-order chi connectivity index (χ1) is 14.5. The Balaban J connectivity index is 1.49. The van der Waals surface area contributed by atoms with Gasteiger partial charge in [0, 0.05) is 24.7 Å². The summed E-state index contributed by atoms with van der Waals surface area (Å²) in [6, 6.07) is 8.78. The van der Waals surface area contributed by atoms with Crippen molar-refractivity contribution in [1.82, 2.24) is 30.0 Å². The van der Waals surface area contributed by atoms with Crippen molar-refractivity contribution in [3.63, 3.8) is 0 Å². The minimum absolute atomic E-state index is 0.0656. The van der Waals surface area contributed by atoms with Gasteiger partial charge >= 0.3 is 5.91 Å². The van der Waals surface area contributed by atoms with Crippen molar-refractivity contribution in [2.45, 2.75) is 6.54 Å². The predicted molar refractivity (Wildman–Crippen MR) is 107 cm³/mol. The Morgan fingerprint density at radius 2 is 2.17 bits per heavy atom. The summed E-state index contributed by atoms with van der Waals surface area (Å²) in [4.78, 5) is 24.4. The number of amides is 1. The smallest absolute Gasteiger partial charge is 0.307 e. The normalized spacial score (nSPS) is 10.8. The largest absolute Gasteiger partial charge is 0.440 e. The molecule has 0 saturated carbocycles. The van der Waals surface area contributed by atoms with Crippen LogP contribution in [-0.2, 0) is 13.6 Å². The van der Waals surface area contributed by atoms with Crippen molar-refractivity contribution >= 4 is 29.3 Å². The van der Waals surface area contributed by atoms with Gasteiger partial charge in [-0.1, -0.05) is 23.7 Å². The second-order valence-corrected chi connectivity index (χ2v) is 6.64. The summed E-state index contributed by atoms with van der Waals surface area (Å²) in [6.45, 7) is 0.234. The third kappa shape index (κ3) is 4.28. The maximum Gasteiger partial charge on any atom is 0.307 e. The fourth-order valence-corrected chi connectivity index (χ4v) is 2.82. The van der Waals surface area contributed by atoms with Gasteiger partial charge in [-0.2, -0.15) is 5.10 Å². The lowest BCUT2D eigenvalue weighted by Crippen LogP contribution is -2.23. The van der Waals surface area contributed by atoms with Gasteiger partial charge in [0.05, 0.1) is 12.4 Å². The van der Waals surface area contributed by atoms with Crippen LogP contribution in [0.4, 0.5) is 16.2 Å². The second kappa shape index (κ2) is 8.29. The molecule has 0 bridgehead atoms. The van der Waals surface area contributed by atoms with Gasteiger partial charge in [0.15, 0.2) is 5.82 Å². The molecule has 4 rings (SSSR count). The molecule has 0 fully saturated rings. The lowest BCUT2D eigenvalue weighted by molar-refractivity contribution is 0.0916. The number of benzene rings is 1. The molecular weight excluding hydrogens is 413 g/mol. The monoisotopic (exact) mass is 427 g/mol. The first-order valence-electron chi connectivity index (χ1n) is 8.75. The first kappa shape index (κ1) is 19.5. The Labute approximate surface area is 174 Å². The number of oxazole rings is 1. The fraction of sp³-hybridized carbons (Fsp3) is 0.105. The lowest BCUT2D eigenvalue weighted by Gasteiger charge is -2.06. The van der Waals surface area contributed by atoms with Gasteiger partial charge in [0.25, 0.3) is 5.89 Å². The number of carbonyl (C=O) groups excluding carboxylic acids is 1. The molecule has 0 saturated heterocycles. The molecule has 0 aliphatic rings. The molecule has 1 amide bonds. The van der Waals surface area contributed by atoms with E-state index in [2.05, 4.69) is 30.7 Å². The fourth-order valence-electron chi connectivity index (χ4n) is 2.61. The van der Waals surface area contributed by atoms with Gasteiger partial charge in [-0.05, 0) is 17.7 Å².